The summed E-state index contributed by atoms with van der Waals surface area (Å²) in [7, 11) is 0. The normalized spacial score (nSPS) is 13.9. The maximum absolute atomic E-state index is 5.75. The molecule has 5 heteroatoms. The van der Waals surface area contributed by atoms with Crippen LogP contribution in [0.1, 0.15) is 24.5 Å². The Bertz CT molecular complexity index is 743. The van der Waals surface area contributed by atoms with Crippen molar-refractivity contribution in [2.45, 2.75) is 26.8 Å². The number of aryl methyl sites for hydroxylation is 1. The molecule has 1 aliphatic heterocycles. The van der Waals surface area contributed by atoms with Crippen molar-refractivity contribution in [3.05, 3.63) is 53.6 Å². The summed E-state index contributed by atoms with van der Waals surface area (Å²) >= 11 is 0. The van der Waals surface area contributed by atoms with E-state index in [1.54, 1.807) is 0 Å². The average molecular weight is 339 g/mol. The third kappa shape index (κ3) is 4.66. The van der Waals surface area contributed by atoms with Gasteiger partial charge in [0.2, 0.25) is 0 Å². The van der Waals surface area contributed by atoms with Gasteiger partial charge >= 0.3 is 0 Å². The minimum atomic E-state index is 0.632. The Balaban J connectivity index is 1.74. The second-order valence-electron chi connectivity index (χ2n) is 5.96. The summed E-state index contributed by atoms with van der Waals surface area (Å²) < 4.78 is 11.4. The summed E-state index contributed by atoms with van der Waals surface area (Å²) in [5.74, 6) is 2.32. The number of guanidine groups is 1. The van der Waals surface area contributed by atoms with E-state index in [1.165, 1.54) is 11.1 Å². The minimum absolute atomic E-state index is 0.632. The predicted octanol–water partition coefficient (Wildman–Crippen LogP) is 3.73. The van der Waals surface area contributed by atoms with Crippen LogP contribution in [0.3, 0.4) is 0 Å². The molecule has 3 rings (SSSR count). The van der Waals surface area contributed by atoms with Crippen molar-refractivity contribution in [1.82, 2.24) is 5.32 Å². The van der Waals surface area contributed by atoms with Crippen molar-refractivity contribution in [1.29, 1.82) is 0 Å². The molecule has 2 aromatic rings. The summed E-state index contributed by atoms with van der Waals surface area (Å²) in [6, 6.07) is 14.2. The highest BCUT2D eigenvalue weighted by Crippen LogP contribution is 2.32. The predicted molar refractivity (Wildman–Crippen MR) is 102 cm³/mol. The standard InChI is InChI=1S/C20H25N3O2/c1-3-21-20(22-14-16-8-5-4-7-15(16)2)23-17-9-10-18-19(13-17)25-12-6-11-24-18/h4-5,7-10,13H,3,6,11-12,14H2,1-2H3,(H2,21,22,23). The number of hydrogen-bond acceptors (Lipinski definition) is 3. The summed E-state index contributed by atoms with van der Waals surface area (Å²) in [6.07, 6.45) is 0.901. The molecule has 0 saturated heterocycles. The first-order valence-electron chi connectivity index (χ1n) is 8.76. The number of fused-ring (bicyclic) bond motifs is 1. The molecule has 0 atom stereocenters. The molecule has 0 spiro atoms. The quantitative estimate of drug-likeness (QED) is 0.658. The fraction of sp³-hybridized carbons (Fsp3) is 0.350. The van der Waals surface area contributed by atoms with Gasteiger partial charge in [0.25, 0.3) is 0 Å². The smallest absolute Gasteiger partial charge is 0.196 e. The molecular weight excluding hydrogens is 314 g/mol. The molecule has 25 heavy (non-hydrogen) atoms. The summed E-state index contributed by atoms with van der Waals surface area (Å²) in [4.78, 5) is 4.69. The number of nitrogens with zero attached hydrogens (tertiary/aromatic N) is 1. The van der Waals surface area contributed by atoms with Gasteiger partial charge in [-0.15, -0.1) is 0 Å². The molecular formula is C20H25N3O2. The molecule has 0 saturated carbocycles. The number of aliphatic imine (C=N–C) groups is 1. The number of hydrogen-bond donors (Lipinski definition) is 2. The second kappa shape index (κ2) is 8.42. The van der Waals surface area contributed by atoms with Crippen LogP contribution in [0.25, 0.3) is 0 Å². The summed E-state index contributed by atoms with van der Waals surface area (Å²) in [5, 5.41) is 6.62. The molecule has 0 aliphatic carbocycles. The van der Waals surface area contributed by atoms with Crippen LogP contribution in [0, 0.1) is 6.92 Å². The van der Waals surface area contributed by atoms with E-state index in [0.29, 0.717) is 19.8 Å². The van der Waals surface area contributed by atoms with Crippen LogP contribution in [0.4, 0.5) is 5.69 Å². The Labute approximate surface area is 149 Å². The van der Waals surface area contributed by atoms with Gasteiger partial charge in [0.05, 0.1) is 19.8 Å². The summed E-state index contributed by atoms with van der Waals surface area (Å²) in [6.45, 7) is 6.96. The molecule has 0 fully saturated rings. The number of benzene rings is 2. The monoisotopic (exact) mass is 339 g/mol. The van der Waals surface area contributed by atoms with Crippen molar-refractivity contribution in [2.75, 3.05) is 25.1 Å². The van der Waals surface area contributed by atoms with E-state index in [1.807, 2.05) is 30.3 Å². The first-order chi connectivity index (χ1) is 12.3. The Morgan fingerprint density at radius 1 is 1.08 bits per heavy atom. The highest BCUT2D eigenvalue weighted by molar-refractivity contribution is 5.93. The van der Waals surface area contributed by atoms with Crippen LogP contribution in [0.5, 0.6) is 11.5 Å². The third-order valence-corrected chi connectivity index (χ3v) is 4.02. The Kier molecular flexibility index (Phi) is 5.77. The Morgan fingerprint density at radius 2 is 1.88 bits per heavy atom. The molecule has 2 aromatic carbocycles. The van der Waals surface area contributed by atoms with Crippen LogP contribution >= 0.6 is 0 Å². The number of ether oxygens (including phenoxy) is 2. The molecule has 0 radical (unpaired) electrons. The highest BCUT2D eigenvalue weighted by Gasteiger charge is 2.11. The van der Waals surface area contributed by atoms with Crippen LogP contribution < -0.4 is 20.1 Å². The van der Waals surface area contributed by atoms with Crippen LogP contribution in [-0.4, -0.2) is 25.7 Å². The molecule has 0 amide bonds. The van der Waals surface area contributed by atoms with Crippen LogP contribution in [0.2, 0.25) is 0 Å². The topological polar surface area (TPSA) is 54.9 Å². The Morgan fingerprint density at radius 3 is 2.68 bits per heavy atom. The van der Waals surface area contributed by atoms with E-state index in [0.717, 1.165) is 36.1 Å². The van der Waals surface area contributed by atoms with Crippen molar-refractivity contribution in [3.8, 4) is 11.5 Å². The van der Waals surface area contributed by atoms with Gasteiger partial charge in [-0.05, 0) is 37.1 Å². The van der Waals surface area contributed by atoms with E-state index in [4.69, 9.17) is 14.5 Å². The molecule has 5 nitrogen and oxygen atoms in total. The van der Waals surface area contributed by atoms with Gasteiger partial charge in [-0.25, -0.2) is 4.99 Å². The first-order valence-corrected chi connectivity index (χ1v) is 8.76. The first kappa shape index (κ1) is 17.1. The van der Waals surface area contributed by atoms with Gasteiger partial charge in [-0.2, -0.15) is 0 Å². The number of anilines is 1. The number of rotatable bonds is 4. The molecule has 132 valence electrons. The lowest BCUT2D eigenvalue weighted by Crippen LogP contribution is -2.30. The van der Waals surface area contributed by atoms with Gasteiger partial charge in [0, 0.05) is 24.7 Å². The lowest BCUT2D eigenvalue weighted by molar-refractivity contribution is 0.297. The second-order valence-corrected chi connectivity index (χ2v) is 5.96. The molecule has 0 unspecified atom stereocenters. The zero-order valence-electron chi connectivity index (χ0n) is 14.8. The summed E-state index contributed by atoms with van der Waals surface area (Å²) in [5.41, 5.74) is 3.39. The zero-order valence-corrected chi connectivity index (χ0v) is 14.8. The Hall–Kier alpha value is -2.69. The van der Waals surface area contributed by atoms with Gasteiger partial charge < -0.3 is 20.1 Å². The van der Waals surface area contributed by atoms with Gasteiger partial charge in [-0.1, -0.05) is 24.3 Å². The molecule has 1 aliphatic rings. The lowest BCUT2D eigenvalue weighted by Gasteiger charge is -2.14. The molecule has 0 aromatic heterocycles. The average Bonchev–Trinajstić information content (AvgIpc) is 2.86. The molecule has 1 heterocycles. The van der Waals surface area contributed by atoms with Crippen LogP contribution in [0.15, 0.2) is 47.5 Å². The maximum atomic E-state index is 5.75. The third-order valence-electron chi connectivity index (χ3n) is 4.02. The van der Waals surface area contributed by atoms with Crippen LogP contribution in [-0.2, 0) is 6.54 Å². The fourth-order valence-electron chi connectivity index (χ4n) is 2.64. The molecule has 0 bridgehead atoms. The van der Waals surface area contributed by atoms with E-state index >= 15 is 0 Å². The van der Waals surface area contributed by atoms with E-state index in [2.05, 4.69) is 36.6 Å². The number of nitrogens with one attached hydrogen (secondary N) is 2. The van der Waals surface area contributed by atoms with Crippen molar-refractivity contribution >= 4 is 11.6 Å². The SMILES string of the molecule is CCNC(=NCc1ccccc1C)Nc1ccc2c(c1)OCCCO2. The van der Waals surface area contributed by atoms with Gasteiger partial charge in [0.1, 0.15) is 0 Å². The van der Waals surface area contributed by atoms with Gasteiger partial charge in [-0.3, -0.25) is 0 Å². The van der Waals surface area contributed by atoms with Crippen molar-refractivity contribution < 1.29 is 9.47 Å². The minimum Gasteiger partial charge on any atom is -0.490 e. The van der Waals surface area contributed by atoms with Crippen molar-refractivity contribution in [3.63, 3.8) is 0 Å². The van der Waals surface area contributed by atoms with E-state index < -0.39 is 0 Å². The fourth-order valence-corrected chi connectivity index (χ4v) is 2.64. The highest BCUT2D eigenvalue weighted by atomic mass is 16.5. The van der Waals surface area contributed by atoms with Crippen molar-refractivity contribution in [2.24, 2.45) is 4.99 Å². The lowest BCUT2D eigenvalue weighted by atomic mass is 10.1. The maximum Gasteiger partial charge on any atom is 0.196 e. The molecule has 2 N–H and O–H groups in total. The zero-order chi connectivity index (χ0) is 17.5. The van der Waals surface area contributed by atoms with E-state index in [-0.39, 0.29) is 0 Å². The largest absolute Gasteiger partial charge is 0.490 e. The van der Waals surface area contributed by atoms with E-state index in [9.17, 15) is 0 Å². The van der Waals surface area contributed by atoms with Gasteiger partial charge in [0.15, 0.2) is 17.5 Å².